The number of thiophene rings is 1. The van der Waals surface area contributed by atoms with E-state index in [1.807, 2.05) is 29.6 Å². The molecule has 2 unspecified atom stereocenters. The Morgan fingerprint density at radius 3 is 2.64 bits per heavy atom. The second kappa shape index (κ2) is 11.1. The predicted octanol–water partition coefficient (Wildman–Crippen LogP) is 5.51. The molecule has 1 aliphatic heterocycles. The van der Waals surface area contributed by atoms with Crippen LogP contribution in [-0.4, -0.2) is 24.0 Å². The van der Waals surface area contributed by atoms with E-state index >= 15 is 0 Å². The van der Waals surface area contributed by atoms with Crippen molar-refractivity contribution < 1.29 is 23.5 Å². The molecule has 1 aromatic heterocycles. The maximum Gasteiger partial charge on any atom is 0.317 e. The largest absolute Gasteiger partial charge is 0.397 e. The van der Waals surface area contributed by atoms with Crippen LogP contribution in [0, 0.1) is 5.92 Å². The zero-order valence-electron chi connectivity index (χ0n) is 18.0. The molecule has 1 amide bonds. The second-order valence-electron chi connectivity index (χ2n) is 8.02. The molecule has 0 aliphatic carbocycles. The number of hydrogen-bond acceptors (Lipinski definition) is 6. The maximum atomic E-state index is 12.8. The van der Waals surface area contributed by atoms with Crippen molar-refractivity contribution in [1.29, 1.82) is 0 Å². The van der Waals surface area contributed by atoms with Crippen LogP contribution < -0.4 is 11.1 Å². The molecule has 2 aromatic carbocycles. The number of ether oxygens (including phenoxy) is 1. The van der Waals surface area contributed by atoms with E-state index in [9.17, 15) is 14.3 Å². The summed E-state index contributed by atoms with van der Waals surface area (Å²) in [5.41, 5.74) is 9.33. The number of carbonyl (C=O) groups is 1. The third-order valence-electron chi connectivity index (χ3n) is 5.78. The molecule has 9 heteroatoms. The van der Waals surface area contributed by atoms with Crippen molar-refractivity contribution in [2.75, 3.05) is 24.3 Å². The first kappa shape index (κ1) is 23.7. The summed E-state index contributed by atoms with van der Waals surface area (Å²) in [7, 11) is -3.10. The zero-order chi connectivity index (χ0) is 23.2. The fourth-order valence-electron chi connectivity index (χ4n) is 3.96. The minimum absolute atomic E-state index is 0.283. The van der Waals surface area contributed by atoms with E-state index in [0.29, 0.717) is 42.5 Å². The smallest absolute Gasteiger partial charge is 0.317 e. The lowest BCUT2D eigenvalue weighted by Crippen LogP contribution is -2.18. The molecular weight excluding hydrogens is 459 g/mol. The molecular formula is C24H27N2O5PS. The van der Waals surface area contributed by atoms with Gasteiger partial charge in [-0.1, -0.05) is 24.3 Å². The van der Waals surface area contributed by atoms with Gasteiger partial charge in [-0.15, -0.1) is 11.3 Å². The normalized spacial score (nSPS) is 16.3. The summed E-state index contributed by atoms with van der Waals surface area (Å²) in [6.07, 6.45) is 1.94. The molecule has 7 nitrogen and oxygen atoms in total. The summed E-state index contributed by atoms with van der Waals surface area (Å²) in [5, 5.41) is 4.88. The van der Waals surface area contributed by atoms with Crippen molar-refractivity contribution in [1.82, 2.24) is 0 Å². The minimum atomic E-state index is -3.10. The molecule has 174 valence electrons. The lowest BCUT2D eigenvalue weighted by molar-refractivity contribution is 0.0476. The molecule has 1 saturated heterocycles. The maximum absolute atomic E-state index is 12.8. The third kappa shape index (κ3) is 6.31. The van der Waals surface area contributed by atoms with Gasteiger partial charge in [0.25, 0.3) is 5.91 Å². The number of nitrogen functional groups attached to an aromatic ring is 1. The highest BCUT2D eigenvalue weighted by molar-refractivity contribution is 7.32. The Balaban J connectivity index is 1.47. The molecule has 4 rings (SSSR count). The Morgan fingerprint density at radius 2 is 1.97 bits per heavy atom. The average molecular weight is 487 g/mol. The number of amides is 1. The first-order valence-corrected chi connectivity index (χ1v) is 13.0. The first-order valence-electron chi connectivity index (χ1n) is 10.8. The standard InChI is InChI=1S/C24H27N2O5PS/c25-20-8-7-19(23-2-1-13-33-23)15-21(20)26-24(27)18-5-3-17(4-6-18)22(31-32(28)29)14-16-9-11-30-12-10-16/h1-8,13,15-16,22,32H,9-12,14,25H2,(H,26,27)(H,28,29). The second-order valence-corrected chi connectivity index (χ2v) is 9.73. The van der Waals surface area contributed by atoms with Crippen LogP contribution in [-0.2, 0) is 13.8 Å². The minimum Gasteiger partial charge on any atom is -0.397 e. The molecule has 4 N–H and O–H groups in total. The lowest BCUT2D eigenvalue weighted by Gasteiger charge is -2.26. The van der Waals surface area contributed by atoms with Crippen molar-refractivity contribution >= 4 is 36.9 Å². The van der Waals surface area contributed by atoms with E-state index in [1.165, 1.54) is 0 Å². The van der Waals surface area contributed by atoms with Crippen LogP contribution in [0.2, 0.25) is 0 Å². The highest BCUT2D eigenvalue weighted by Crippen LogP contribution is 2.36. The van der Waals surface area contributed by atoms with Gasteiger partial charge in [-0.2, -0.15) is 0 Å². The molecule has 0 radical (unpaired) electrons. The summed E-state index contributed by atoms with van der Waals surface area (Å²) < 4.78 is 22.2. The Bertz CT molecular complexity index is 1100. The summed E-state index contributed by atoms with van der Waals surface area (Å²) in [6, 6.07) is 16.5. The van der Waals surface area contributed by atoms with Crippen LogP contribution in [0.15, 0.2) is 60.0 Å². The van der Waals surface area contributed by atoms with Crippen molar-refractivity contribution in [3.8, 4) is 10.4 Å². The van der Waals surface area contributed by atoms with Crippen LogP contribution in [0.5, 0.6) is 0 Å². The molecule has 33 heavy (non-hydrogen) atoms. The fraction of sp³-hybridized carbons (Fsp3) is 0.292. The van der Waals surface area contributed by atoms with Crippen LogP contribution in [0.25, 0.3) is 10.4 Å². The van der Waals surface area contributed by atoms with Crippen LogP contribution in [0.1, 0.15) is 41.3 Å². The van der Waals surface area contributed by atoms with Crippen molar-refractivity contribution in [3.63, 3.8) is 0 Å². The van der Waals surface area contributed by atoms with Gasteiger partial charge < -0.3 is 25.2 Å². The van der Waals surface area contributed by atoms with Gasteiger partial charge in [0.05, 0.1) is 17.5 Å². The molecule has 3 aromatic rings. The zero-order valence-corrected chi connectivity index (χ0v) is 19.8. The van der Waals surface area contributed by atoms with Gasteiger partial charge in [-0.3, -0.25) is 9.36 Å². The van der Waals surface area contributed by atoms with Gasteiger partial charge in [-0.25, -0.2) is 0 Å². The summed E-state index contributed by atoms with van der Waals surface area (Å²) >= 11 is 1.62. The van der Waals surface area contributed by atoms with Gasteiger partial charge in [0.15, 0.2) is 0 Å². The monoisotopic (exact) mass is 486 g/mol. The topological polar surface area (TPSA) is 111 Å². The number of rotatable bonds is 8. The number of benzene rings is 2. The Labute approximate surface area is 197 Å². The number of carbonyl (C=O) groups excluding carboxylic acids is 1. The molecule has 1 aliphatic rings. The van der Waals surface area contributed by atoms with Crippen molar-refractivity contribution in [2.24, 2.45) is 5.92 Å². The fourth-order valence-corrected chi connectivity index (χ4v) is 5.16. The summed E-state index contributed by atoms with van der Waals surface area (Å²) in [6.45, 7) is 1.39. The van der Waals surface area contributed by atoms with E-state index in [0.717, 1.165) is 28.8 Å². The number of nitrogens with two attached hydrogens (primary N) is 1. The highest BCUT2D eigenvalue weighted by Gasteiger charge is 2.23. The quantitative estimate of drug-likeness (QED) is 0.286. The third-order valence-corrected chi connectivity index (χ3v) is 7.19. The van der Waals surface area contributed by atoms with Crippen LogP contribution in [0.3, 0.4) is 0 Å². The Kier molecular flexibility index (Phi) is 7.96. The van der Waals surface area contributed by atoms with E-state index in [4.69, 9.17) is 15.0 Å². The van der Waals surface area contributed by atoms with E-state index in [2.05, 4.69) is 5.32 Å². The number of nitrogens with one attached hydrogen (secondary N) is 1. The van der Waals surface area contributed by atoms with Gasteiger partial charge in [0, 0.05) is 23.7 Å². The Hall–Kier alpha value is -2.48. The Morgan fingerprint density at radius 1 is 1.21 bits per heavy atom. The summed E-state index contributed by atoms with van der Waals surface area (Å²) in [5.74, 6) is 0.0842. The van der Waals surface area contributed by atoms with Gasteiger partial charge in [0.1, 0.15) is 0 Å². The molecule has 1 fully saturated rings. The number of anilines is 2. The molecule has 0 spiro atoms. The molecule has 2 heterocycles. The van der Waals surface area contributed by atoms with Gasteiger partial charge in [0.2, 0.25) is 0 Å². The van der Waals surface area contributed by atoms with E-state index in [-0.39, 0.29) is 5.91 Å². The number of hydrogen-bond donors (Lipinski definition) is 3. The van der Waals surface area contributed by atoms with Gasteiger partial charge >= 0.3 is 8.25 Å². The molecule has 2 atom stereocenters. The highest BCUT2D eigenvalue weighted by atomic mass is 32.1. The summed E-state index contributed by atoms with van der Waals surface area (Å²) in [4.78, 5) is 23.3. The SMILES string of the molecule is Nc1ccc(-c2cccs2)cc1NC(=O)c1ccc(C(CC2CCOCC2)O[PH](=O)O)cc1. The van der Waals surface area contributed by atoms with E-state index in [1.54, 1.807) is 41.7 Å². The molecule has 0 saturated carbocycles. The van der Waals surface area contributed by atoms with Crippen LogP contribution >= 0.6 is 19.6 Å². The first-order chi connectivity index (χ1) is 16.0. The lowest BCUT2D eigenvalue weighted by atomic mass is 9.91. The molecule has 0 bridgehead atoms. The predicted molar refractivity (Wildman–Crippen MR) is 132 cm³/mol. The van der Waals surface area contributed by atoms with Gasteiger partial charge in [-0.05, 0) is 72.0 Å². The van der Waals surface area contributed by atoms with Crippen molar-refractivity contribution in [2.45, 2.75) is 25.4 Å². The van der Waals surface area contributed by atoms with E-state index < -0.39 is 14.4 Å². The average Bonchev–Trinajstić information content (AvgIpc) is 3.36. The van der Waals surface area contributed by atoms with Crippen LogP contribution in [0.4, 0.5) is 11.4 Å². The van der Waals surface area contributed by atoms with Crippen molar-refractivity contribution in [3.05, 3.63) is 71.1 Å².